The van der Waals surface area contributed by atoms with Crippen molar-refractivity contribution in [2.75, 3.05) is 12.4 Å². The Balaban J connectivity index is 1.70. The van der Waals surface area contributed by atoms with E-state index >= 15 is 0 Å². The maximum absolute atomic E-state index is 13.1. The Bertz CT molecular complexity index is 1410. The van der Waals surface area contributed by atoms with Crippen LogP contribution in [0.4, 0.5) is 10.5 Å². The molecule has 4 aromatic rings. The van der Waals surface area contributed by atoms with E-state index in [9.17, 15) is 19.5 Å². The number of aromatic hydroxyl groups is 1. The Morgan fingerprint density at radius 2 is 1.91 bits per heavy atom. The van der Waals surface area contributed by atoms with Crippen LogP contribution in [-0.4, -0.2) is 33.7 Å². The van der Waals surface area contributed by atoms with Crippen LogP contribution in [0, 0.1) is 0 Å². The lowest BCUT2D eigenvalue weighted by atomic mass is 10.1. The molecule has 3 amide bonds. The first-order valence-corrected chi connectivity index (χ1v) is 9.83. The van der Waals surface area contributed by atoms with Crippen LogP contribution < -0.4 is 20.8 Å². The van der Waals surface area contributed by atoms with Crippen LogP contribution >= 0.6 is 0 Å². The number of carbonyl (C=O) groups excluding carboxylic acids is 2. The standard InChI is InChI=1S/C23H20N4O5/c1-3-27-12-17(22(30)26-23(31)25-13-6-8-14(32-2)9-7-13)21(29)16-11-18(28)19-15(20(16)27)5-4-10-24-19/h4-12,28H,3H2,1-2H3,(H2,25,26,30,31). The number of imide groups is 1. The Hall–Kier alpha value is -4.40. The SMILES string of the molecule is CCn1cc(C(=O)NC(=O)Nc2ccc(OC)cc2)c(=O)c2cc(O)c3ncccc3c21. The fourth-order valence-corrected chi connectivity index (χ4v) is 3.54. The molecule has 0 atom stereocenters. The molecule has 0 unspecified atom stereocenters. The maximum atomic E-state index is 13.1. The highest BCUT2D eigenvalue weighted by Crippen LogP contribution is 2.30. The topological polar surface area (TPSA) is 123 Å². The summed E-state index contributed by atoms with van der Waals surface area (Å²) in [7, 11) is 1.53. The van der Waals surface area contributed by atoms with Crippen LogP contribution in [0.25, 0.3) is 21.8 Å². The van der Waals surface area contributed by atoms with Crippen molar-refractivity contribution in [2.24, 2.45) is 0 Å². The fourth-order valence-electron chi connectivity index (χ4n) is 3.54. The van der Waals surface area contributed by atoms with Crippen molar-refractivity contribution < 1.29 is 19.4 Å². The summed E-state index contributed by atoms with van der Waals surface area (Å²) in [5, 5.41) is 15.8. The first kappa shape index (κ1) is 20.9. The fraction of sp³-hybridized carbons (Fsp3) is 0.130. The molecule has 2 heterocycles. The van der Waals surface area contributed by atoms with Gasteiger partial charge >= 0.3 is 6.03 Å². The van der Waals surface area contributed by atoms with Gasteiger partial charge in [0.25, 0.3) is 5.91 Å². The monoisotopic (exact) mass is 432 g/mol. The van der Waals surface area contributed by atoms with Gasteiger partial charge in [0.1, 0.15) is 22.6 Å². The Kier molecular flexibility index (Phi) is 5.46. The normalized spacial score (nSPS) is 10.8. The molecule has 0 fully saturated rings. The van der Waals surface area contributed by atoms with Gasteiger partial charge in [0.15, 0.2) is 0 Å². The van der Waals surface area contributed by atoms with Crippen LogP contribution in [0.2, 0.25) is 0 Å². The summed E-state index contributed by atoms with van der Waals surface area (Å²) in [5.74, 6) is -0.396. The van der Waals surface area contributed by atoms with Gasteiger partial charge in [-0.2, -0.15) is 0 Å². The van der Waals surface area contributed by atoms with Crippen LogP contribution in [0.15, 0.2) is 59.7 Å². The molecule has 0 spiro atoms. The number of ether oxygens (including phenoxy) is 1. The largest absolute Gasteiger partial charge is 0.506 e. The smallest absolute Gasteiger partial charge is 0.326 e. The van der Waals surface area contributed by atoms with Gasteiger partial charge in [-0.25, -0.2) is 4.79 Å². The quantitative estimate of drug-likeness (QED) is 0.426. The second-order valence-corrected chi connectivity index (χ2v) is 6.99. The van der Waals surface area contributed by atoms with Gasteiger partial charge in [0.05, 0.1) is 18.0 Å². The number of aryl methyl sites for hydroxylation is 1. The molecule has 0 aliphatic heterocycles. The van der Waals surface area contributed by atoms with Crippen molar-refractivity contribution in [1.29, 1.82) is 0 Å². The third kappa shape index (κ3) is 3.71. The molecule has 0 aliphatic rings. The number of methoxy groups -OCH3 is 1. The first-order chi connectivity index (χ1) is 15.4. The second-order valence-electron chi connectivity index (χ2n) is 6.99. The van der Waals surface area contributed by atoms with Gasteiger partial charge in [-0.15, -0.1) is 0 Å². The highest BCUT2D eigenvalue weighted by molar-refractivity contribution is 6.11. The van der Waals surface area contributed by atoms with E-state index in [1.807, 2.05) is 6.92 Å². The molecule has 2 aromatic carbocycles. The molecule has 3 N–H and O–H groups in total. The molecule has 0 radical (unpaired) electrons. The predicted molar refractivity (Wildman–Crippen MR) is 120 cm³/mol. The van der Waals surface area contributed by atoms with E-state index in [1.165, 1.54) is 19.4 Å². The molecule has 2 aromatic heterocycles. The summed E-state index contributed by atoms with van der Waals surface area (Å²) < 4.78 is 6.78. The summed E-state index contributed by atoms with van der Waals surface area (Å²) in [5.41, 5.74) is 0.548. The molecule has 32 heavy (non-hydrogen) atoms. The summed E-state index contributed by atoms with van der Waals surface area (Å²) in [4.78, 5) is 42.3. The number of pyridine rings is 2. The zero-order valence-corrected chi connectivity index (χ0v) is 17.4. The van der Waals surface area contributed by atoms with Crippen molar-refractivity contribution in [2.45, 2.75) is 13.5 Å². The Labute approximate surface area is 182 Å². The third-order valence-corrected chi connectivity index (χ3v) is 5.06. The van der Waals surface area contributed by atoms with Gasteiger partial charge in [0.2, 0.25) is 5.43 Å². The molecule has 9 nitrogen and oxygen atoms in total. The predicted octanol–water partition coefficient (Wildman–Crippen LogP) is 3.25. The van der Waals surface area contributed by atoms with Crippen molar-refractivity contribution in [3.63, 3.8) is 0 Å². The highest BCUT2D eigenvalue weighted by Gasteiger charge is 2.20. The number of hydrogen-bond donors (Lipinski definition) is 3. The van der Waals surface area contributed by atoms with Gasteiger partial charge in [0, 0.05) is 30.0 Å². The number of phenolic OH excluding ortho intramolecular Hbond substituents is 1. The summed E-state index contributed by atoms with van der Waals surface area (Å²) >= 11 is 0. The average molecular weight is 432 g/mol. The van der Waals surface area contributed by atoms with Gasteiger partial charge in [-0.1, -0.05) is 0 Å². The van der Waals surface area contributed by atoms with Crippen LogP contribution in [0.5, 0.6) is 11.5 Å². The van der Waals surface area contributed by atoms with Crippen LogP contribution in [0.3, 0.4) is 0 Å². The van der Waals surface area contributed by atoms with Crippen LogP contribution in [0.1, 0.15) is 17.3 Å². The number of amides is 3. The minimum atomic E-state index is -0.851. The number of hydrogen-bond acceptors (Lipinski definition) is 6. The maximum Gasteiger partial charge on any atom is 0.326 e. The van der Waals surface area contributed by atoms with Crippen molar-refractivity contribution in [3.8, 4) is 11.5 Å². The first-order valence-electron chi connectivity index (χ1n) is 9.83. The number of fused-ring (bicyclic) bond motifs is 3. The Morgan fingerprint density at radius 3 is 2.59 bits per heavy atom. The van der Waals surface area contributed by atoms with Gasteiger partial charge in [-0.05, 0) is 49.4 Å². The van der Waals surface area contributed by atoms with E-state index in [0.717, 1.165) is 0 Å². The van der Waals surface area contributed by atoms with E-state index in [1.54, 1.807) is 47.2 Å². The zero-order chi connectivity index (χ0) is 22.8. The molecule has 162 valence electrons. The number of benzene rings is 2. The lowest BCUT2D eigenvalue weighted by Crippen LogP contribution is -2.37. The number of nitrogens with one attached hydrogen (secondary N) is 2. The van der Waals surface area contributed by atoms with E-state index in [-0.39, 0.29) is 16.7 Å². The number of carbonyl (C=O) groups is 2. The zero-order valence-electron chi connectivity index (χ0n) is 17.4. The molecule has 0 saturated heterocycles. The molecule has 0 saturated carbocycles. The minimum absolute atomic E-state index is 0.160. The molecular weight excluding hydrogens is 412 g/mol. The van der Waals surface area contributed by atoms with Crippen molar-refractivity contribution in [3.05, 3.63) is 70.6 Å². The number of anilines is 1. The van der Waals surface area contributed by atoms with E-state index in [4.69, 9.17) is 4.74 Å². The molecule has 4 rings (SSSR count). The van der Waals surface area contributed by atoms with Gasteiger partial charge in [-0.3, -0.25) is 19.9 Å². The average Bonchev–Trinajstić information content (AvgIpc) is 2.80. The number of urea groups is 1. The summed E-state index contributed by atoms with van der Waals surface area (Å²) in [6, 6.07) is 10.5. The van der Waals surface area contributed by atoms with E-state index in [0.29, 0.717) is 34.4 Å². The molecule has 9 heteroatoms. The molecule has 0 bridgehead atoms. The van der Waals surface area contributed by atoms with E-state index in [2.05, 4.69) is 15.6 Å². The Morgan fingerprint density at radius 1 is 1.16 bits per heavy atom. The minimum Gasteiger partial charge on any atom is -0.506 e. The third-order valence-electron chi connectivity index (χ3n) is 5.06. The van der Waals surface area contributed by atoms with Crippen LogP contribution in [-0.2, 0) is 6.54 Å². The molecule has 0 aliphatic carbocycles. The van der Waals surface area contributed by atoms with Crippen molar-refractivity contribution in [1.82, 2.24) is 14.9 Å². The molecular formula is C23H20N4O5. The number of nitrogens with zero attached hydrogens (tertiary/aromatic N) is 2. The number of rotatable bonds is 4. The second kappa shape index (κ2) is 8.38. The number of phenols is 1. The lowest BCUT2D eigenvalue weighted by Gasteiger charge is -2.14. The summed E-state index contributed by atoms with van der Waals surface area (Å²) in [6.07, 6.45) is 2.95. The van der Waals surface area contributed by atoms with E-state index < -0.39 is 17.4 Å². The lowest BCUT2D eigenvalue weighted by molar-refractivity contribution is 0.0965. The van der Waals surface area contributed by atoms with Gasteiger partial charge < -0.3 is 19.7 Å². The number of aromatic nitrogens is 2. The summed E-state index contributed by atoms with van der Waals surface area (Å²) in [6.45, 7) is 2.31. The highest BCUT2D eigenvalue weighted by atomic mass is 16.5. The van der Waals surface area contributed by atoms with Crippen molar-refractivity contribution >= 4 is 39.4 Å².